The van der Waals surface area contributed by atoms with Crippen molar-refractivity contribution in [1.29, 1.82) is 0 Å². The first-order valence-electron chi connectivity index (χ1n) is 16.0. The van der Waals surface area contributed by atoms with Crippen LogP contribution in [0.25, 0.3) is 0 Å². The molecule has 1 aromatic carbocycles. The van der Waals surface area contributed by atoms with E-state index < -0.39 is 87.5 Å². The first-order valence-corrected chi connectivity index (χ1v) is 21.6. The zero-order valence-electron chi connectivity index (χ0n) is 28.0. The molecule has 0 aromatic heterocycles. The highest BCUT2D eigenvalue weighted by molar-refractivity contribution is 6.78. The lowest BCUT2D eigenvalue weighted by Gasteiger charge is -2.68. The maximum Gasteiger partial charge on any atom is 0.338 e. The van der Waals surface area contributed by atoms with Crippen LogP contribution in [-0.2, 0) is 36.8 Å². The van der Waals surface area contributed by atoms with Crippen LogP contribution in [-0.4, -0.2) is 93.4 Å². The Bertz CT molecular complexity index is 1490. The third-order valence-electron chi connectivity index (χ3n) is 11.2. The van der Waals surface area contributed by atoms with Gasteiger partial charge < -0.3 is 37.4 Å². The number of rotatable bonds is 3. The molecule has 2 N–H and O–H groups in total. The fourth-order valence-electron chi connectivity index (χ4n) is 9.16. The van der Waals surface area contributed by atoms with Crippen molar-refractivity contribution in [2.24, 2.45) is 16.7 Å². The van der Waals surface area contributed by atoms with Crippen molar-refractivity contribution in [3.05, 3.63) is 47.0 Å². The number of esters is 2. The number of carbonyl (C=O) groups excluding carboxylic acids is 3. The second kappa shape index (κ2) is 10.6. The molecule has 0 unspecified atom stereocenters. The van der Waals surface area contributed by atoms with Gasteiger partial charge in [0.1, 0.15) is 23.9 Å². The van der Waals surface area contributed by atoms with Crippen molar-refractivity contribution < 1.29 is 51.8 Å². The largest absolute Gasteiger partial charge is 0.455 e. The highest BCUT2D eigenvalue weighted by Gasteiger charge is 2.79. The van der Waals surface area contributed by atoms with Crippen LogP contribution in [0.3, 0.4) is 0 Å². The van der Waals surface area contributed by atoms with Gasteiger partial charge >= 0.3 is 29.1 Å². The van der Waals surface area contributed by atoms with Gasteiger partial charge in [0.25, 0.3) is 0 Å². The summed E-state index contributed by atoms with van der Waals surface area (Å²) in [6.45, 7) is 15.8. The normalized spacial score (nSPS) is 42.1. The molecule has 252 valence electrons. The van der Waals surface area contributed by atoms with Crippen LogP contribution < -0.4 is 0 Å². The Morgan fingerprint density at radius 2 is 1.63 bits per heavy atom. The minimum atomic E-state index is -3.11. The van der Waals surface area contributed by atoms with E-state index >= 15 is 4.79 Å². The summed E-state index contributed by atoms with van der Waals surface area (Å²) in [6.07, 6.45) is -5.44. The molecule has 11 nitrogen and oxygen atoms in total. The van der Waals surface area contributed by atoms with E-state index in [1.807, 2.05) is 26.2 Å². The summed E-state index contributed by atoms with van der Waals surface area (Å²) in [7, 11) is -6.12. The summed E-state index contributed by atoms with van der Waals surface area (Å²) >= 11 is 0. The number of Topliss-reactive ketones (excluding diaryl/α,β-unsaturated/α-hetero) is 1. The monoisotopic (exact) mass is 674 g/mol. The van der Waals surface area contributed by atoms with Gasteiger partial charge in [0, 0.05) is 25.2 Å². The Labute approximate surface area is 272 Å². The Balaban J connectivity index is 1.70. The molecule has 6 rings (SSSR count). The summed E-state index contributed by atoms with van der Waals surface area (Å²) in [5.41, 5.74) is -5.07. The molecule has 2 saturated heterocycles. The molecular weight excluding hydrogens is 629 g/mol. The van der Waals surface area contributed by atoms with Gasteiger partial charge in [0.15, 0.2) is 11.4 Å². The Morgan fingerprint density at radius 3 is 2.22 bits per heavy atom. The van der Waals surface area contributed by atoms with Crippen LogP contribution in [0.2, 0.25) is 26.2 Å². The number of aliphatic hydroxyl groups is 2. The van der Waals surface area contributed by atoms with Crippen LogP contribution in [0.1, 0.15) is 57.8 Å². The third-order valence-corrected chi connectivity index (χ3v) is 16.8. The van der Waals surface area contributed by atoms with E-state index in [0.717, 1.165) is 0 Å². The number of hydrogen-bond donors (Lipinski definition) is 2. The Morgan fingerprint density at radius 1 is 1.00 bits per heavy atom. The molecule has 2 aliphatic heterocycles. The minimum absolute atomic E-state index is 0.0826. The topological polar surface area (TPSA) is 147 Å². The van der Waals surface area contributed by atoms with Gasteiger partial charge in [0.05, 0.1) is 35.7 Å². The predicted octanol–water partition coefficient (Wildman–Crippen LogP) is 3.56. The van der Waals surface area contributed by atoms with E-state index in [1.54, 1.807) is 58.0 Å². The zero-order chi connectivity index (χ0) is 33.8. The van der Waals surface area contributed by atoms with Crippen LogP contribution in [0.15, 0.2) is 41.5 Å². The summed E-state index contributed by atoms with van der Waals surface area (Å²) in [5, 5.41) is 24.8. The fourth-order valence-corrected chi connectivity index (χ4v) is 16.1. The lowest BCUT2D eigenvalue weighted by Crippen LogP contribution is -2.82. The van der Waals surface area contributed by atoms with Crippen molar-refractivity contribution in [1.82, 2.24) is 0 Å². The van der Waals surface area contributed by atoms with Crippen molar-refractivity contribution in [3.8, 4) is 0 Å². The van der Waals surface area contributed by atoms with E-state index in [0.29, 0.717) is 11.1 Å². The SMILES string of the molecule is CC(=O)O[C@@]12CO[C@@H]1C[C@@H]1O[Si](C)(C)O[Si](C)(C)O[C@H]3C(=O)[C@@]1(C)[C@@H]2[C@H](OC(=O)c1ccccc1)[C@]1(O)C[C@H](O)C(C)=C3C1(C)C. The van der Waals surface area contributed by atoms with Crippen molar-refractivity contribution in [2.75, 3.05) is 6.61 Å². The number of ether oxygens (including phenoxy) is 3. The maximum absolute atomic E-state index is 15.5. The average Bonchev–Trinajstić information content (AvgIpc) is 2.95. The number of benzene rings is 1. The maximum atomic E-state index is 15.5. The van der Waals surface area contributed by atoms with Gasteiger partial charge in [-0.25, -0.2) is 4.79 Å². The Kier molecular flexibility index (Phi) is 7.78. The Hall–Kier alpha value is -2.24. The van der Waals surface area contributed by atoms with Crippen LogP contribution >= 0.6 is 0 Å². The highest BCUT2D eigenvalue weighted by Crippen LogP contribution is 2.65. The molecule has 2 heterocycles. The second-order valence-corrected chi connectivity index (χ2v) is 22.2. The number of hydrogen-bond acceptors (Lipinski definition) is 11. The molecule has 0 radical (unpaired) electrons. The second-order valence-electron chi connectivity index (χ2n) is 15.3. The predicted molar refractivity (Wildman–Crippen MR) is 169 cm³/mol. The van der Waals surface area contributed by atoms with Crippen molar-refractivity contribution in [2.45, 2.75) is 115 Å². The number of ketones is 1. The summed E-state index contributed by atoms with van der Waals surface area (Å²) < 4.78 is 39.0. The minimum Gasteiger partial charge on any atom is -0.455 e. The highest BCUT2D eigenvalue weighted by atomic mass is 28.5. The van der Waals surface area contributed by atoms with Crippen molar-refractivity contribution >= 4 is 34.8 Å². The molecule has 1 aromatic rings. The van der Waals surface area contributed by atoms with Crippen LogP contribution in [0, 0.1) is 16.7 Å². The van der Waals surface area contributed by atoms with Gasteiger partial charge in [0.2, 0.25) is 0 Å². The van der Waals surface area contributed by atoms with Gasteiger partial charge in [-0.1, -0.05) is 32.0 Å². The molecule has 4 bridgehead atoms. The summed E-state index contributed by atoms with van der Waals surface area (Å²) in [5.74, 6) is -2.85. The summed E-state index contributed by atoms with van der Waals surface area (Å²) in [6, 6.07) is 8.37. The lowest BCUT2D eigenvalue weighted by atomic mass is 9.44. The smallest absolute Gasteiger partial charge is 0.338 e. The number of carbonyl (C=O) groups is 3. The molecule has 2 saturated carbocycles. The molecule has 13 heteroatoms. The third kappa shape index (κ3) is 4.76. The van der Waals surface area contributed by atoms with E-state index in [-0.39, 0.29) is 30.8 Å². The average molecular weight is 675 g/mol. The van der Waals surface area contributed by atoms with Gasteiger partial charge in [-0.2, -0.15) is 0 Å². The quantitative estimate of drug-likeness (QED) is 0.276. The molecule has 4 fully saturated rings. The molecule has 9 atom stereocenters. The van der Waals surface area contributed by atoms with Crippen molar-refractivity contribution in [3.63, 3.8) is 0 Å². The van der Waals surface area contributed by atoms with Gasteiger partial charge in [-0.05, 0) is 63.3 Å². The lowest BCUT2D eigenvalue weighted by molar-refractivity contribution is -0.344. The van der Waals surface area contributed by atoms with Gasteiger partial charge in [-0.3, -0.25) is 9.59 Å². The van der Waals surface area contributed by atoms with E-state index in [4.69, 9.17) is 27.2 Å². The number of fused-ring (bicyclic) bond motifs is 6. The first-order chi connectivity index (χ1) is 21.2. The van der Waals surface area contributed by atoms with Crippen LogP contribution in [0.5, 0.6) is 0 Å². The summed E-state index contributed by atoms with van der Waals surface area (Å²) in [4.78, 5) is 42.4. The molecular formula is C33H46O11Si2. The standard InChI is InChI=1S/C33H46O11Si2/c1-18-21(35)16-33(38)28(40-29(37)20-13-11-10-12-14-20)26-31(5)22(15-23-32(26,17-39-23)41-19(2)34)42-45(6,7)44-46(8,9)43-25(27(31)36)24(18)30(33,3)4/h10-14,21-23,25-26,28,35,38H,15-17H2,1-9H3/t21-,22-,23+,25+,26-,28-,31+,32-,33+/m0/s1. The van der Waals surface area contributed by atoms with E-state index in [9.17, 15) is 19.8 Å². The molecule has 5 aliphatic rings. The van der Waals surface area contributed by atoms with E-state index in [1.165, 1.54) is 6.92 Å². The molecule has 0 spiro atoms. The van der Waals surface area contributed by atoms with Crippen LogP contribution in [0.4, 0.5) is 0 Å². The molecule has 3 aliphatic carbocycles. The van der Waals surface area contributed by atoms with E-state index in [2.05, 4.69) is 0 Å². The number of aliphatic hydroxyl groups excluding tert-OH is 1. The zero-order valence-corrected chi connectivity index (χ0v) is 30.0. The van der Waals surface area contributed by atoms with Gasteiger partial charge in [-0.15, -0.1) is 0 Å². The molecule has 0 amide bonds. The first kappa shape index (κ1) is 33.7. The molecule has 46 heavy (non-hydrogen) atoms. The fraction of sp³-hybridized carbons (Fsp3) is 0.667.